The summed E-state index contributed by atoms with van der Waals surface area (Å²) in [6.07, 6.45) is -0.114. The Kier molecular flexibility index (Phi) is 4.81. The van der Waals surface area contributed by atoms with Gasteiger partial charge in [0.05, 0.1) is 13.2 Å². The Morgan fingerprint density at radius 1 is 1.33 bits per heavy atom. The number of hydrogen-bond acceptors (Lipinski definition) is 3. The van der Waals surface area contributed by atoms with E-state index in [1.54, 1.807) is 13.2 Å². The van der Waals surface area contributed by atoms with E-state index in [2.05, 4.69) is 5.32 Å². The molecular formula is C19H20FNO3. The predicted molar refractivity (Wildman–Crippen MR) is 88.2 cm³/mol. The molecule has 0 radical (unpaired) electrons. The van der Waals surface area contributed by atoms with Crippen molar-refractivity contribution >= 4 is 5.91 Å². The Hall–Kier alpha value is -2.40. The molecule has 2 aromatic carbocycles. The number of nitrogens with one attached hydrogen (secondary N) is 1. The smallest absolute Gasteiger partial charge is 0.223 e. The minimum absolute atomic E-state index is 0.0712. The van der Waals surface area contributed by atoms with Gasteiger partial charge in [-0.25, -0.2) is 4.39 Å². The Morgan fingerprint density at radius 2 is 2.08 bits per heavy atom. The van der Waals surface area contributed by atoms with Crippen LogP contribution in [-0.4, -0.2) is 24.7 Å². The van der Waals surface area contributed by atoms with Gasteiger partial charge in [0, 0.05) is 12.5 Å². The van der Waals surface area contributed by atoms with E-state index in [0.29, 0.717) is 5.56 Å². The van der Waals surface area contributed by atoms with Crippen LogP contribution in [0.3, 0.4) is 0 Å². The fraction of sp³-hybridized carbons (Fsp3) is 0.316. The average molecular weight is 329 g/mol. The lowest BCUT2D eigenvalue weighted by Gasteiger charge is -2.12. The third-order valence-corrected chi connectivity index (χ3v) is 4.37. The maximum absolute atomic E-state index is 13.2. The van der Waals surface area contributed by atoms with Crippen molar-refractivity contribution in [3.63, 3.8) is 0 Å². The normalized spacial score (nSPS) is 20.3. The molecule has 2 N–H and O–H groups in total. The monoisotopic (exact) mass is 329 g/mol. The Labute approximate surface area is 140 Å². The van der Waals surface area contributed by atoms with Crippen molar-refractivity contribution in [1.29, 1.82) is 0 Å². The quantitative estimate of drug-likeness (QED) is 0.857. The molecule has 1 saturated carbocycles. The van der Waals surface area contributed by atoms with Gasteiger partial charge >= 0.3 is 0 Å². The van der Waals surface area contributed by atoms with Crippen LogP contribution in [0.25, 0.3) is 0 Å². The molecule has 0 heterocycles. The molecule has 1 aliphatic rings. The molecule has 0 bridgehead atoms. The van der Waals surface area contributed by atoms with Crippen LogP contribution in [0.5, 0.6) is 5.75 Å². The second-order valence-electron chi connectivity index (χ2n) is 6.04. The Morgan fingerprint density at radius 3 is 2.75 bits per heavy atom. The van der Waals surface area contributed by atoms with E-state index in [9.17, 15) is 14.3 Å². The van der Waals surface area contributed by atoms with Gasteiger partial charge in [-0.05, 0) is 47.7 Å². The summed E-state index contributed by atoms with van der Waals surface area (Å²) in [5, 5.41) is 12.8. The molecule has 24 heavy (non-hydrogen) atoms. The highest BCUT2D eigenvalue weighted by molar-refractivity contribution is 5.82. The first-order chi connectivity index (χ1) is 11.6. The van der Waals surface area contributed by atoms with E-state index in [1.807, 2.05) is 24.3 Å². The average Bonchev–Trinajstić information content (AvgIpc) is 3.40. The second-order valence-corrected chi connectivity index (χ2v) is 6.04. The number of carbonyl (C=O) groups excluding carboxylic acids is 1. The van der Waals surface area contributed by atoms with Gasteiger partial charge < -0.3 is 15.2 Å². The van der Waals surface area contributed by atoms with E-state index in [4.69, 9.17) is 4.74 Å². The lowest BCUT2D eigenvalue weighted by atomic mass is 10.1. The molecule has 0 saturated heterocycles. The summed E-state index contributed by atoms with van der Waals surface area (Å²) >= 11 is 0. The van der Waals surface area contributed by atoms with E-state index >= 15 is 0 Å². The highest BCUT2D eigenvalue weighted by atomic mass is 19.1. The van der Waals surface area contributed by atoms with Crippen LogP contribution in [0.1, 0.15) is 29.6 Å². The zero-order valence-corrected chi connectivity index (χ0v) is 13.4. The van der Waals surface area contributed by atoms with E-state index in [-0.39, 0.29) is 24.3 Å². The largest absolute Gasteiger partial charge is 0.497 e. The molecule has 0 unspecified atom stereocenters. The first-order valence-corrected chi connectivity index (χ1v) is 7.93. The maximum atomic E-state index is 13.2. The minimum atomic E-state index is -0.914. The first-order valence-electron chi connectivity index (χ1n) is 7.93. The molecule has 3 atom stereocenters. The van der Waals surface area contributed by atoms with Crippen LogP contribution in [0.2, 0.25) is 0 Å². The zero-order valence-electron chi connectivity index (χ0n) is 13.4. The number of aliphatic hydroxyl groups is 1. The van der Waals surface area contributed by atoms with Gasteiger partial charge in [-0.3, -0.25) is 4.79 Å². The van der Waals surface area contributed by atoms with Crippen molar-refractivity contribution in [3.05, 3.63) is 65.5 Å². The van der Waals surface area contributed by atoms with Gasteiger partial charge in [-0.2, -0.15) is 0 Å². The van der Waals surface area contributed by atoms with Gasteiger partial charge in [0.1, 0.15) is 11.6 Å². The van der Waals surface area contributed by atoms with Crippen molar-refractivity contribution < 1.29 is 19.0 Å². The SMILES string of the molecule is COc1ccc([C@@H]2C[C@@H]2C(=O)NC[C@H](O)c2cccc(F)c2)cc1. The Balaban J connectivity index is 1.51. The van der Waals surface area contributed by atoms with Crippen molar-refractivity contribution in [1.82, 2.24) is 5.32 Å². The number of amides is 1. The summed E-state index contributed by atoms with van der Waals surface area (Å²) in [6.45, 7) is 0.0775. The molecule has 3 rings (SSSR count). The molecule has 1 amide bonds. The van der Waals surface area contributed by atoms with Gasteiger partial charge in [-0.15, -0.1) is 0 Å². The summed E-state index contributed by atoms with van der Waals surface area (Å²) in [5.74, 6) is 0.449. The molecule has 2 aromatic rings. The number of aliphatic hydroxyl groups excluding tert-OH is 1. The number of ether oxygens (including phenoxy) is 1. The van der Waals surface area contributed by atoms with Crippen molar-refractivity contribution in [3.8, 4) is 5.75 Å². The van der Waals surface area contributed by atoms with Crippen molar-refractivity contribution in [2.75, 3.05) is 13.7 Å². The van der Waals surface area contributed by atoms with Crippen molar-refractivity contribution in [2.45, 2.75) is 18.4 Å². The van der Waals surface area contributed by atoms with Crippen LogP contribution >= 0.6 is 0 Å². The third-order valence-electron chi connectivity index (χ3n) is 4.37. The van der Waals surface area contributed by atoms with Gasteiger partial charge in [0.15, 0.2) is 0 Å². The molecule has 1 fully saturated rings. The molecule has 5 heteroatoms. The highest BCUT2D eigenvalue weighted by Crippen LogP contribution is 2.47. The summed E-state index contributed by atoms with van der Waals surface area (Å²) in [4.78, 5) is 12.2. The van der Waals surface area contributed by atoms with Crippen LogP contribution in [0, 0.1) is 11.7 Å². The van der Waals surface area contributed by atoms with Crippen LogP contribution in [-0.2, 0) is 4.79 Å². The molecule has 0 spiro atoms. The van der Waals surface area contributed by atoms with Crippen LogP contribution in [0.15, 0.2) is 48.5 Å². The maximum Gasteiger partial charge on any atom is 0.223 e. The summed E-state index contributed by atoms with van der Waals surface area (Å²) in [5.41, 5.74) is 1.57. The number of hydrogen-bond donors (Lipinski definition) is 2. The number of carbonyl (C=O) groups is 1. The lowest BCUT2D eigenvalue weighted by Crippen LogP contribution is -2.30. The van der Waals surface area contributed by atoms with Crippen LogP contribution in [0.4, 0.5) is 4.39 Å². The molecule has 0 aliphatic heterocycles. The van der Waals surface area contributed by atoms with E-state index in [1.165, 1.54) is 18.2 Å². The number of benzene rings is 2. The second kappa shape index (κ2) is 7.01. The topological polar surface area (TPSA) is 58.6 Å². The third kappa shape index (κ3) is 3.74. The molecule has 1 aliphatic carbocycles. The fourth-order valence-electron chi connectivity index (χ4n) is 2.86. The summed E-state index contributed by atoms with van der Waals surface area (Å²) in [6, 6.07) is 13.5. The molecule has 4 nitrogen and oxygen atoms in total. The van der Waals surface area contributed by atoms with E-state index in [0.717, 1.165) is 17.7 Å². The minimum Gasteiger partial charge on any atom is -0.497 e. The number of methoxy groups -OCH3 is 1. The molecule has 0 aromatic heterocycles. The van der Waals surface area contributed by atoms with Gasteiger partial charge in [0.2, 0.25) is 5.91 Å². The van der Waals surface area contributed by atoms with Crippen molar-refractivity contribution in [2.24, 2.45) is 5.92 Å². The van der Waals surface area contributed by atoms with Gasteiger partial charge in [-0.1, -0.05) is 24.3 Å². The van der Waals surface area contributed by atoms with Crippen LogP contribution < -0.4 is 10.1 Å². The Bertz CT molecular complexity index is 717. The molecule has 126 valence electrons. The number of halogens is 1. The molecular weight excluding hydrogens is 309 g/mol. The highest BCUT2D eigenvalue weighted by Gasteiger charge is 2.43. The summed E-state index contributed by atoms with van der Waals surface area (Å²) < 4.78 is 18.3. The fourth-order valence-corrected chi connectivity index (χ4v) is 2.86. The standard InChI is InChI=1S/C19H20FNO3/c1-24-15-7-5-12(6-8-15)16-10-17(16)19(23)21-11-18(22)13-3-2-4-14(20)9-13/h2-9,16-18,22H,10-11H2,1H3,(H,21,23)/t16-,17-,18-/m0/s1. The zero-order chi connectivity index (χ0) is 17.1. The van der Waals surface area contributed by atoms with Gasteiger partial charge in [0.25, 0.3) is 0 Å². The van der Waals surface area contributed by atoms with E-state index < -0.39 is 11.9 Å². The lowest BCUT2D eigenvalue weighted by molar-refractivity contribution is -0.122. The predicted octanol–water partition coefficient (Wildman–Crippen LogP) is 2.79. The summed E-state index contributed by atoms with van der Waals surface area (Å²) in [7, 11) is 1.62. The first kappa shape index (κ1) is 16.5. The number of rotatable bonds is 6.